The summed E-state index contributed by atoms with van der Waals surface area (Å²) in [4.78, 5) is 0. The van der Waals surface area contributed by atoms with E-state index in [1.54, 1.807) is 5.56 Å². The molecule has 3 fully saturated rings. The second-order valence-electron chi connectivity index (χ2n) is 6.68. The smallest absolute Gasteiger partial charge is 0.000482 e. The Kier molecular flexibility index (Phi) is 2.97. The molecular weight excluding hydrogens is 218 g/mol. The van der Waals surface area contributed by atoms with Gasteiger partial charge in [-0.1, -0.05) is 29.8 Å². The molecule has 3 saturated carbocycles. The van der Waals surface area contributed by atoms with E-state index in [9.17, 15) is 0 Å². The normalized spacial score (nSPS) is 34.8. The zero-order chi connectivity index (χ0) is 12.6. The molecule has 1 aromatic carbocycles. The Hall–Kier alpha value is -0.820. The molecule has 0 amide bonds. The molecule has 2 bridgehead atoms. The standard InChI is InChI=1S/C17H25N/c1-14-3-5-15(6-4-14)17-10-7-16(8-11-17,9-12-17)13-18-2/h3-6,18H,7-13H2,1-2H3. The highest BCUT2D eigenvalue weighted by Gasteiger charge is 2.48. The van der Waals surface area contributed by atoms with Crippen LogP contribution in [0.2, 0.25) is 0 Å². The molecule has 1 nitrogen and oxygen atoms in total. The zero-order valence-corrected chi connectivity index (χ0v) is 11.8. The van der Waals surface area contributed by atoms with Crippen LogP contribution in [0.3, 0.4) is 0 Å². The minimum atomic E-state index is 0.517. The Morgan fingerprint density at radius 1 is 0.944 bits per heavy atom. The molecule has 0 spiro atoms. The van der Waals surface area contributed by atoms with Crippen LogP contribution in [0.1, 0.15) is 49.7 Å². The zero-order valence-electron chi connectivity index (χ0n) is 11.8. The minimum absolute atomic E-state index is 0.517. The van der Waals surface area contributed by atoms with Gasteiger partial charge in [0.05, 0.1) is 0 Å². The van der Waals surface area contributed by atoms with Crippen molar-refractivity contribution < 1.29 is 0 Å². The van der Waals surface area contributed by atoms with Crippen molar-refractivity contribution in [3.05, 3.63) is 35.4 Å². The molecule has 0 aliphatic heterocycles. The monoisotopic (exact) mass is 243 g/mol. The number of hydrogen-bond donors (Lipinski definition) is 1. The molecule has 98 valence electrons. The Balaban J connectivity index is 1.82. The van der Waals surface area contributed by atoms with Gasteiger partial charge in [-0.15, -0.1) is 0 Å². The van der Waals surface area contributed by atoms with Gasteiger partial charge < -0.3 is 5.32 Å². The van der Waals surface area contributed by atoms with Crippen LogP contribution in [0, 0.1) is 12.3 Å². The minimum Gasteiger partial charge on any atom is -0.319 e. The highest BCUT2D eigenvalue weighted by Crippen LogP contribution is 2.57. The van der Waals surface area contributed by atoms with Crippen molar-refractivity contribution in [1.82, 2.24) is 5.32 Å². The molecule has 1 aromatic rings. The average Bonchev–Trinajstić information content (AvgIpc) is 2.42. The summed E-state index contributed by atoms with van der Waals surface area (Å²) in [6.07, 6.45) is 8.46. The SMILES string of the molecule is CNCC12CCC(c3ccc(C)cc3)(CC1)CC2. The van der Waals surface area contributed by atoms with Crippen LogP contribution in [0.25, 0.3) is 0 Å². The number of benzene rings is 1. The van der Waals surface area contributed by atoms with Crippen molar-refractivity contribution in [2.45, 2.75) is 50.9 Å². The largest absolute Gasteiger partial charge is 0.319 e. The van der Waals surface area contributed by atoms with Crippen molar-refractivity contribution in [3.8, 4) is 0 Å². The third-order valence-corrected chi connectivity index (χ3v) is 5.62. The first kappa shape index (κ1) is 12.2. The lowest BCUT2D eigenvalue weighted by molar-refractivity contribution is 0.0415. The first-order chi connectivity index (χ1) is 8.68. The number of rotatable bonds is 3. The third kappa shape index (κ3) is 1.89. The maximum absolute atomic E-state index is 3.41. The predicted molar refractivity (Wildman–Crippen MR) is 76.9 cm³/mol. The van der Waals surface area contributed by atoms with Gasteiger partial charge in [-0.2, -0.15) is 0 Å². The van der Waals surface area contributed by atoms with Crippen LogP contribution in [0.4, 0.5) is 0 Å². The number of aryl methyl sites for hydroxylation is 1. The summed E-state index contributed by atoms with van der Waals surface area (Å²) in [5.41, 5.74) is 4.13. The van der Waals surface area contributed by atoms with Gasteiger partial charge in [0, 0.05) is 6.54 Å². The first-order valence-electron chi connectivity index (χ1n) is 7.40. The predicted octanol–water partition coefficient (Wildman–Crippen LogP) is 3.81. The molecule has 1 heteroatoms. The van der Waals surface area contributed by atoms with Crippen LogP contribution in [-0.2, 0) is 5.41 Å². The van der Waals surface area contributed by atoms with E-state index in [0.29, 0.717) is 10.8 Å². The van der Waals surface area contributed by atoms with E-state index in [4.69, 9.17) is 0 Å². The lowest BCUT2D eigenvalue weighted by atomic mass is 9.52. The fourth-order valence-corrected chi connectivity index (χ4v) is 4.24. The maximum atomic E-state index is 3.41. The lowest BCUT2D eigenvalue weighted by Gasteiger charge is -2.54. The quantitative estimate of drug-likeness (QED) is 0.851. The van der Waals surface area contributed by atoms with Gasteiger partial charge in [-0.3, -0.25) is 0 Å². The molecule has 0 atom stereocenters. The molecule has 0 saturated heterocycles. The molecule has 4 rings (SSSR count). The molecule has 0 unspecified atom stereocenters. The maximum Gasteiger partial charge on any atom is 0.000482 e. The van der Waals surface area contributed by atoms with Crippen LogP contribution < -0.4 is 5.32 Å². The fourth-order valence-electron chi connectivity index (χ4n) is 4.24. The Morgan fingerprint density at radius 2 is 1.50 bits per heavy atom. The van der Waals surface area contributed by atoms with E-state index < -0.39 is 0 Å². The van der Waals surface area contributed by atoms with Gasteiger partial charge in [-0.05, 0) is 68.9 Å². The first-order valence-corrected chi connectivity index (χ1v) is 7.40. The van der Waals surface area contributed by atoms with Gasteiger partial charge in [-0.25, -0.2) is 0 Å². The molecule has 1 N–H and O–H groups in total. The van der Waals surface area contributed by atoms with E-state index in [0.717, 1.165) is 0 Å². The molecule has 0 aromatic heterocycles. The van der Waals surface area contributed by atoms with E-state index >= 15 is 0 Å². The highest BCUT2D eigenvalue weighted by molar-refractivity contribution is 5.31. The van der Waals surface area contributed by atoms with Crippen LogP contribution in [-0.4, -0.2) is 13.6 Å². The number of nitrogens with one attached hydrogen (secondary N) is 1. The average molecular weight is 243 g/mol. The summed E-state index contributed by atoms with van der Waals surface area (Å²) in [5.74, 6) is 0. The van der Waals surface area contributed by atoms with Crippen molar-refractivity contribution >= 4 is 0 Å². The fraction of sp³-hybridized carbons (Fsp3) is 0.647. The van der Waals surface area contributed by atoms with Crippen LogP contribution in [0.15, 0.2) is 24.3 Å². The van der Waals surface area contributed by atoms with Crippen molar-refractivity contribution in [3.63, 3.8) is 0 Å². The molecule has 3 aliphatic rings. The van der Waals surface area contributed by atoms with Crippen LogP contribution in [0.5, 0.6) is 0 Å². The number of hydrogen-bond acceptors (Lipinski definition) is 1. The van der Waals surface area contributed by atoms with E-state index in [1.807, 2.05) is 0 Å². The highest BCUT2D eigenvalue weighted by atomic mass is 14.8. The van der Waals surface area contributed by atoms with Gasteiger partial charge >= 0.3 is 0 Å². The molecule has 3 aliphatic carbocycles. The Bertz CT molecular complexity index is 393. The Morgan fingerprint density at radius 3 is 2.00 bits per heavy atom. The topological polar surface area (TPSA) is 12.0 Å². The second kappa shape index (κ2) is 4.38. The molecular formula is C17H25N. The van der Waals surface area contributed by atoms with E-state index in [2.05, 4.69) is 43.6 Å². The second-order valence-corrected chi connectivity index (χ2v) is 6.68. The van der Waals surface area contributed by atoms with Gasteiger partial charge in [0.2, 0.25) is 0 Å². The van der Waals surface area contributed by atoms with E-state index in [1.165, 1.54) is 50.6 Å². The lowest BCUT2D eigenvalue weighted by Crippen LogP contribution is -2.47. The van der Waals surface area contributed by atoms with Gasteiger partial charge in [0.25, 0.3) is 0 Å². The number of fused-ring (bicyclic) bond motifs is 3. The Labute approximate surface area is 111 Å². The summed E-state index contributed by atoms with van der Waals surface area (Å²) in [5, 5.41) is 3.41. The van der Waals surface area contributed by atoms with Crippen molar-refractivity contribution in [2.24, 2.45) is 5.41 Å². The van der Waals surface area contributed by atoms with E-state index in [-0.39, 0.29) is 0 Å². The third-order valence-electron chi connectivity index (χ3n) is 5.62. The van der Waals surface area contributed by atoms with Gasteiger partial charge in [0.1, 0.15) is 0 Å². The summed E-state index contributed by atoms with van der Waals surface area (Å²) >= 11 is 0. The summed E-state index contributed by atoms with van der Waals surface area (Å²) in [6, 6.07) is 9.33. The summed E-state index contributed by atoms with van der Waals surface area (Å²) in [7, 11) is 2.10. The summed E-state index contributed by atoms with van der Waals surface area (Å²) in [6.45, 7) is 3.40. The summed E-state index contributed by atoms with van der Waals surface area (Å²) < 4.78 is 0. The molecule has 0 heterocycles. The van der Waals surface area contributed by atoms with Crippen LogP contribution >= 0.6 is 0 Å². The van der Waals surface area contributed by atoms with Crippen molar-refractivity contribution in [2.75, 3.05) is 13.6 Å². The van der Waals surface area contributed by atoms with Crippen molar-refractivity contribution in [1.29, 1.82) is 0 Å². The molecule has 18 heavy (non-hydrogen) atoms. The van der Waals surface area contributed by atoms with Gasteiger partial charge in [0.15, 0.2) is 0 Å². The molecule has 0 radical (unpaired) electrons.